The maximum absolute atomic E-state index is 5.72. The van der Waals surface area contributed by atoms with Crippen LogP contribution < -0.4 is 5.32 Å². The molecule has 0 aliphatic rings. The zero-order chi connectivity index (χ0) is 16.3. The first kappa shape index (κ1) is 17.6. The maximum Gasteiger partial charge on any atom is 0.147 e. The van der Waals surface area contributed by atoms with Crippen LogP contribution in [-0.4, -0.2) is 16.3 Å². The molecule has 2 aromatic rings. The normalized spacial score (nSPS) is 11.0. The minimum Gasteiger partial charge on any atom is -0.464 e. The van der Waals surface area contributed by atoms with E-state index in [0.717, 1.165) is 30.3 Å². The van der Waals surface area contributed by atoms with Gasteiger partial charge in [-0.1, -0.05) is 52.4 Å². The van der Waals surface area contributed by atoms with Crippen molar-refractivity contribution in [2.24, 2.45) is 0 Å². The van der Waals surface area contributed by atoms with E-state index in [4.69, 9.17) is 4.42 Å². The van der Waals surface area contributed by atoms with Gasteiger partial charge in [0.15, 0.2) is 0 Å². The van der Waals surface area contributed by atoms with Gasteiger partial charge < -0.3 is 9.73 Å². The standard InChI is InChI=1S/C19H31N3O/c1-3-5-6-7-8-9-10-14-20-19-13-15-22(21-19)16-18-12-11-17(4-2)23-18/h11-13,15H,3-10,14,16H2,1-2H3,(H,20,21). The smallest absolute Gasteiger partial charge is 0.147 e. The molecular formula is C19H31N3O. The van der Waals surface area contributed by atoms with Crippen LogP contribution in [0, 0.1) is 0 Å². The second kappa shape index (κ2) is 10.1. The van der Waals surface area contributed by atoms with Gasteiger partial charge in [-0.05, 0) is 18.6 Å². The van der Waals surface area contributed by atoms with Crippen molar-refractivity contribution in [3.8, 4) is 0 Å². The quantitative estimate of drug-likeness (QED) is 0.544. The molecule has 4 nitrogen and oxygen atoms in total. The maximum atomic E-state index is 5.72. The molecule has 0 aliphatic heterocycles. The minimum absolute atomic E-state index is 0.694. The minimum atomic E-state index is 0.694. The zero-order valence-electron chi connectivity index (χ0n) is 14.7. The van der Waals surface area contributed by atoms with Gasteiger partial charge >= 0.3 is 0 Å². The van der Waals surface area contributed by atoms with Gasteiger partial charge in [-0.25, -0.2) is 0 Å². The Labute approximate surface area is 140 Å². The molecule has 0 radical (unpaired) electrons. The summed E-state index contributed by atoms with van der Waals surface area (Å²) in [4.78, 5) is 0. The number of nitrogens with one attached hydrogen (secondary N) is 1. The van der Waals surface area contributed by atoms with Crippen LogP contribution in [0.15, 0.2) is 28.8 Å². The van der Waals surface area contributed by atoms with Crippen LogP contribution in [0.25, 0.3) is 0 Å². The van der Waals surface area contributed by atoms with Crippen LogP contribution in [0.5, 0.6) is 0 Å². The highest BCUT2D eigenvalue weighted by molar-refractivity contribution is 5.32. The molecule has 0 saturated carbocycles. The van der Waals surface area contributed by atoms with Crippen molar-refractivity contribution in [2.45, 2.75) is 71.8 Å². The number of anilines is 1. The van der Waals surface area contributed by atoms with E-state index in [0.29, 0.717) is 6.54 Å². The van der Waals surface area contributed by atoms with Crippen molar-refractivity contribution < 1.29 is 4.42 Å². The Morgan fingerprint density at radius 1 is 0.957 bits per heavy atom. The van der Waals surface area contributed by atoms with Crippen LogP contribution in [-0.2, 0) is 13.0 Å². The number of hydrogen-bond donors (Lipinski definition) is 1. The molecule has 0 fully saturated rings. The van der Waals surface area contributed by atoms with E-state index in [1.165, 1.54) is 44.9 Å². The molecule has 0 atom stereocenters. The fraction of sp³-hybridized carbons (Fsp3) is 0.632. The molecule has 0 bridgehead atoms. The Balaban J connectivity index is 1.61. The summed E-state index contributed by atoms with van der Waals surface area (Å²) >= 11 is 0. The van der Waals surface area contributed by atoms with Gasteiger partial charge in [0.25, 0.3) is 0 Å². The summed E-state index contributed by atoms with van der Waals surface area (Å²) in [6.07, 6.45) is 12.3. The van der Waals surface area contributed by atoms with Crippen molar-refractivity contribution >= 4 is 5.82 Å². The number of rotatable bonds is 12. The van der Waals surface area contributed by atoms with Gasteiger partial charge in [0.2, 0.25) is 0 Å². The molecule has 2 heterocycles. The fourth-order valence-corrected chi connectivity index (χ4v) is 2.70. The lowest BCUT2D eigenvalue weighted by molar-refractivity contribution is 0.448. The van der Waals surface area contributed by atoms with Crippen LogP contribution in [0.3, 0.4) is 0 Å². The van der Waals surface area contributed by atoms with E-state index in [1.807, 2.05) is 29.1 Å². The largest absolute Gasteiger partial charge is 0.464 e. The number of unbranched alkanes of at least 4 members (excludes halogenated alkanes) is 6. The van der Waals surface area contributed by atoms with Gasteiger partial charge in [-0.15, -0.1) is 0 Å². The Morgan fingerprint density at radius 3 is 2.43 bits per heavy atom. The van der Waals surface area contributed by atoms with E-state index < -0.39 is 0 Å². The number of furan rings is 1. The Hall–Kier alpha value is -1.71. The average molecular weight is 317 g/mol. The van der Waals surface area contributed by atoms with Crippen molar-refractivity contribution in [1.82, 2.24) is 9.78 Å². The lowest BCUT2D eigenvalue weighted by Crippen LogP contribution is -2.04. The van der Waals surface area contributed by atoms with Crippen molar-refractivity contribution in [3.63, 3.8) is 0 Å². The molecule has 0 saturated heterocycles. The Bertz CT molecular complexity index is 544. The third-order valence-corrected chi connectivity index (χ3v) is 4.11. The lowest BCUT2D eigenvalue weighted by Gasteiger charge is -2.03. The summed E-state index contributed by atoms with van der Waals surface area (Å²) in [5.74, 6) is 2.95. The van der Waals surface area contributed by atoms with E-state index in [-0.39, 0.29) is 0 Å². The highest BCUT2D eigenvalue weighted by atomic mass is 16.3. The van der Waals surface area contributed by atoms with Crippen LogP contribution in [0.2, 0.25) is 0 Å². The highest BCUT2D eigenvalue weighted by Gasteiger charge is 2.03. The number of nitrogens with zero attached hydrogens (tertiary/aromatic N) is 2. The van der Waals surface area contributed by atoms with Crippen LogP contribution in [0.4, 0.5) is 5.82 Å². The summed E-state index contributed by atoms with van der Waals surface area (Å²) in [6, 6.07) is 6.11. The monoisotopic (exact) mass is 317 g/mol. The molecule has 0 amide bonds. The zero-order valence-corrected chi connectivity index (χ0v) is 14.7. The molecule has 0 spiro atoms. The molecule has 2 rings (SSSR count). The molecular weight excluding hydrogens is 286 g/mol. The van der Waals surface area contributed by atoms with Gasteiger partial charge in [0.05, 0.1) is 6.54 Å². The lowest BCUT2D eigenvalue weighted by atomic mass is 10.1. The summed E-state index contributed by atoms with van der Waals surface area (Å²) in [7, 11) is 0. The number of hydrogen-bond acceptors (Lipinski definition) is 3. The van der Waals surface area contributed by atoms with Crippen molar-refractivity contribution in [2.75, 3.05) is 11.9 Å². The molecule has 128 valence electrons. The topological polar surface area (TPSA) is 43.0 Å². The second-order valence-corrected chi connectivity index (χ2v) is 6.17. The summed E-state index contributed by atoms with van der Waals surface area (Å²) in [6.45, 7) is 6.06. The third kappa shape index (κ3) is 6.51. The molecule has 0 unspecified atom stereocenters. The van der Waals surface area contributed by atoms with E-state index in [9.17, 15) is 0 Å². The summed E-state index contributed by atoms with van der Waals surface area (Å²) < 4.78 is 7.64. The first-order chi connectivity index (χ1) is 11.3. The van der Waals surface area contributed by atoms with Gasteiger partial charge in [-0.3, -0.25) is 4.68 Å². The third-order valence-electron chi connectivity index (χ3n) is 4.11. The van der Waals surface area contributed by atoms with E-state index in [2.05, 4.69) is 24.3 Å². The first-order valence-corrected chi connectivity index (χ1v) is 9.16. The van der Waals surface area contributed by atoms with Crippen LogP contribution >= 0.6 is 0 Å². The fourth-order valence-electron chi connectivity index (χ4n) is 2.70. The molecule has 0 aliphatic carbocycles. The molecule has 1 N–H and O–H groups in total. The summed E-state index contributed by atoms with van der Waals surface area (Å²) in [5, 5.41) is 7.95. The van der Waals surface area contributed by atoms with E-state index >= 15 is 0 Å². The van der Waals surface area contributed by atoms with Crippen molar-refractivity contribution in [3.05, 3.63) is 35.9 Å². The molecule has 4 heteroatoms. The summed E-state index contributed by atoms with van der Waals surface area (Å²) in [5.41, 5.74) is 0. The average Bonchev–Trinajstić information content (AvgIpc) is 3.20. The molecule has 2 aromatic heterocycles. The van der Waals surface area contributed by atoms with Gasteiger partial charge in [-0.2, -0.15) is 5.10 Å². The number of aryl methyl sites for hydroxylation is 1. The first-order valence-electron chi connectivity index (χ1n) is 9.16. The Kier molecular flexibility index (Phi) is 7.78. The predicted molar refractivity (Wildman–Crippen MR) is 95.9 cm³/mol. The highest BCUT2D eigenvalue weighted by Crippen LogP contribution is 2.12. The van der Waals surface area contributed by atoms with Crippen molar-refractivity contribution in [1.29, 1.82) is 0 Å². The van der Waals surface area contributed by atoms with E-state index in [1.54, 1.807) is 0 Å². The van der Waals surface area contributed by atoms with Crippen LogP contribution in [0.1, 0.15) is 70.3 Å². The molecule has 23 heavy (non-hydrogen) atoms. The van der Waals surface area contributed by atoms with Gasteiger partial charge in [0, 0.05) is 25.2 Å². The SMILES string of the molecule is CCCCCCCCCNc1ccn(Cc2ccc(CC)o2)n1. The second-order valence-electron chi connectivity index (χ2n) is 6.17. The Morgan fingerprint density at radius 2 is 1.70 bits per heavy atom. The molecule has 0 aromatic carbocycles. The number of aromatic nitrogens is 2. The van der Waals surface area contributed by atoms with Gasteiger partial charge in [0.1, 0.15) is 17.3 Å². The predicted octanol–water partition coefficient (Wildman–Crippen LogP) is 5.25.